The fourth-order valence-corrected chi connectivity index (χ4v) is 4.78. The third kappa shape index (κ3) is 2.93. The molecular formula is C23H23N7. The van der Waals surface area contributed by atoms with Crippen molar-refractivity contribution in [1.29, 1.82) is 0 Å². The molecule has 150 valence electrons. The average Bonchev–Trinajstić information content (AvgIpc) is 3.43. The Morgan fingerprint density at radius 3 is 2.83 bits per heavy atom. The minimum atomic E-state index is 0.383. The molecule has 0 radical (unpaired) electrons. The third-order valence-corrected chi connectivity index (χ3v) is 6.23. The van der Waals surface area contributed by atoms with Gasteiger partial charge in [-0.3, -0.25) is 4.98 Å². The molecule has 1 aromatic carbocycles. The first-order valence-corrected chi connectivity index (χ1v) is 10.7. The van der Waals surface area contributed by atoms with Crippen molar-refractivity contribution in [2.75, 3.05) is 18.0 Å². The predicted octanol–water partition coefficient (Wildman–Crippen LogP) is 3.61. The summed E-state index contributed by atoms with van der Waals surface area (Å²) in [7, 11) is 0. The number of piperidine rings is 1. The Morgan fingerprint density at radius 2 is 1.90 bits per heavy atom. The lowest BCUT2D eigenvalue weighted by Crippen LogP contribution is -2.36. The second kappa shape index (κ2) is 7.16. The molecule has 0 N–H and O–H groups in total. The van der Waals surface area contributed by atoms with Crippen molar-refractivity contribution in [1.82, 2.24) is 29.7 Å². The maximum absolute atomic E-state index is 5.02. The van der Waals surface area contributed by atoms with Crippen LogP contribution in [0, 0.1) is 0 Å². The monoisotopic (exact) mass is 397 g/mol. The van der Waals surface area contributed by atoms with Gasteiger partial charge >= 0.3 is 0 Å². The molecule has 0 amide bonds. The van der Waals surface area contributed by atoms with Crippen LogP contribution in [0.3, 0.4) is 0 Å². The summed E-state index contributed by atoms with van der Waals surface area (Å²) in [4.78, 5) is 16.5. The molecule has 0 aliphatic carbocycles. The molecule has 0 saturated carbocycles. The van der Waals surface area contributed by atoms with Crippen LogP contribution in [0.1, 0.15) is 36.8 Å². The first-order valence-electron chi connectivity index (χ1n) is 10.7. The summed E-state index contributed by atoms with van der Waals surface area (Å²) in [5.74, 6) is 4.41. The zero-order valence-corrected chi connectivity index (χ0v) is 16.8. The van der Waals surface area contributed by atoms with Gasteiger partial charge in [0.05, 0.1) is 5.52 Å². The van der Waals surface area contributed by atoms with Crippen molar-refractivity contribution in [3.63, 3.8) is 0 Å². The number of anilines is 1. The summed E-state index contributed by atoms with van der Waals surface area (Å²) < 4.78 is 2.34. The van der Waals surface area contributed by atoms with Crippen LogP contribution in [0.15, 0.2) is 48.8 Å². The molecule has 3 aromatic heterocycles. The lowest BCUT2D eigenvalue weighted by molar-refractivity contribution is 0.471. The van der Waals surface area contributed by atoms with Crippen LogP contribution in [-0.2, 0) is 13.0 Å². The van der Waals surface area contributed by atoms with Gasteiger partial charge in [0.25, 0.3) is 0 Å². The fraction of sp³-hybridized carbons (Fsp3) is 0.348. The van der Waals surface area contributed by atoms with E-state index in [1.807, 2.05) is 24.4 Å². The van der Waals surface area contributed by atoms with E-state index in [2.05, 4.69) is 42.8 Å². The number of rotatable bonds is 3. The lowest BCUT2D eigenvalue weighted by atomic mass is 9.96. The molecule has 4 aromatic rings. The van der Waals surface area contributed by atoms with Gasteiger partial charge in [0, 0.05) is 55.3 Å². The van der Waals surface area contributed by atoms with Gasteiger partial charge in [-0.05, 0) is 43.5 Å². The second-order valence-electron chi connectivity index (χ2n) is 8.14. The maximum atomic E-state index is 5.02. The highest BCUT2D eigenvalue weighted by Crippen LogP contribution is 2.34. The Morgan fingerprint density at radius 1 is 0.933 bits per heavy atom. The summed E-state index contributed by atoms with van der Waals surface area (Å²) in [5.41, 5.74) is 1.90. The minimum Gasteiger partial charge on any atom is -0.355 e. The van der Waals surface area contributed by atoms with E-state index >= 15 is 0 Å². The average molecular weight is 397 g/mol. The van der Waals surface area contributed by atoms with Crippen molar-refractivity contribution in [3.8, 4) is 11.4 Å². The van der Waals surface area contributed by atoms with E-state index in [0.717, 1.165) is 78.7 Å². The Labute approximate surface area is 174 Å². The standard InChI is InChI=1S/C23H23N7/c1-2-9-19-18(8-1)23(26-21(25-19)16-6-3-11-24-14-16)29-12-4-7-17(15-29)22-28-27-20-10-5-13-30(20)22/h1-3,6,8-9,11,14,17H,4-5,7,10,12-13,15H2. The lowest BCUT2D eigenvalue weighted by Gasteiger charge is -2.34. The molecule has 1 fully saturated rings. The number of benzene rings is 1. The van der Waals surface area contributed by atoms with E-state index in [1.54, 1.807) is 6.20 Å². The summed E-state index contributed by atoms with van der Waals surface area (Å²) in [6.45, 7) is 2.95. The zero-order valence-electron chi connectivity index (χ0n) is 16.8. The molecule has 6 rings (SSSR count). The number of nitrogens with zero attached hydrogens (tertiary/aromatic N) is 7. The van der Waals surface area contributed by atoms with Gasteiger partial charge in [-0.25, -0.2) is 9.97 Å². The molecular weight excluding hydrogens is 374 g/mol. The van der Waals surface area contributed by atoms with E-state index in [-0.39, 0.29) is 0 Å². The molecule has 7 nitrogen and oxygen atoms in total. The number of aryl methyl sites for hydroxylation is 1. The molecule has 0 spiro atoms. The summed E-state index contributed by atoms with van der Waals surface area (Å²) >= 11 is 0. The van der Waals surface area contributed by atoms with Crippen LogP contribution >= 0.6 is 0 Å². The molecule has 5 heterocycles. The number of hydrogen-bond donors (Lipinski definition) is 0. The van der Waals surface area contributed by atoms with Gasteiger partial charge in [0.15, 0.2) is 5.82 Å². The number of aromatic nitrogens is 6. The molecule has 0 bridgehead atoms. The Hall–Kier alpha value is -3.35. The third-order valence-electron chi connectivity index (χ3n) is 6.23. The maximum Gasteiger partial charge on any atom is 0.163 e. The minimum absolute atomic E-state index is 0.383. The second-order valence-corrected chi connectivity index (χ2v) is 8.14. The van der Waals surface area contributed by atoms with Gasteiger partial charge in [-0.1, -0.05) is 12.1 Å². The summed E-state index contributed by atoms with van der Waals surface area (Å²) in [6, 6.07) is 12.2. The van der Waals surface area contributed by atoms with Gasteiger partial charge in [0.2, 0.25) is 0 Å². The first-order chi connectivity index (χ1) is 14.9. The van der Waals surface area contributed by atoms with Crippen LogP contribution in [0.4, 0.5) is 5.82 Å². The number of pyridine rings is 1. The Bertz CT molecular complexity index is 1200. The van der Waals surface area contributed by atoms with E-state index in [0.29, 0.717) is 5.92 Å². The van der Waals surface area contributed by atoms with Crippen LogP contribution in [-0.4, -0.2) is 42.8 Å². The van der Waals surface area contributed by atoms with Crippen LogP contribution in [0.5, 0.6) is 0 Å². The molecule has 30 heavy (non-hydrogen) atoms. The van der Waals surface area contributed by atoms with Crippen molar-refractivity contribution in [3.05, 3.63) is 60.4 Å². The molecule has 2 aliphatic heterocycles. The topological polar surface area (TPSA) is 72.6 Å². The molecule has 1 atom stereocenters. The quantitative estimate of drug-likeness (QED) is 0.526. The number of para-hydroxylation sites is 1. The van der Waals surface area contributed by atoms with E-state index in [4.69, 9.17) is 9.97 Å². The highest BCUT2D eigenvalue weighted by atomic mass is 15.3. The van der Waals surface area contributed by atoms with Crippen molar-refractivity contribution >= 4 is 16.7 Å². The smallest absolute Gasteiger partial charge is 0.163 e. The van der Waals surface area contributed by atoms with Gasteiger partial charge in [0.1, 0.15) is 17.5 Å². The normalized spacial score (nSPS) is 18.7. The Balaban J connectivity index is 1.41. The predicted molar refractivity (Wildman–Crippen MR) is 115 cm³/mol. The zero-order chi connectivity index (χ0) is 19.9. The molecule has 1 unspecified atom stereocenters. The van der Waals surface area contributed by atoms with Crippen LogP contribution in [0.2, 0.25) is 0 Å². The van der Waals surface area contributed by atoms with Crippen molar-refractivity contribution in [2.45, 2.75) is 38.1 Å². The van der Waals surface area contributed by atoms with Gasteiger partial charge in [-0.15, -0.1) is 10.2 Å². The fourth-order valence-electron chi connectivity index (χ4n) is 4.78. The van der Waals surface area contributed by atoms with E-state index in [9.17, 15) is 0 Å². The van der Waals surface area contributed by atoms with Gasteiger partial charge in [-0.2, -0.15) is 0 Å². The Kier molecular flexibility index (Phi) is 4.18. The SMILES string of the molecule is c1cncc(-c2nc(N3CCCC(c4nnc5n4CCC5)C3)c3ccccc3n2)c1. The summed E-state index contributed by atoms with van der Waals surface area (Å²) in [5, 5.41) is 10.1. The molecule has 2 aliphatic rings. The van der Waals surface area contributed by atoms with Crippen LogP contribution < -0.4 is 4.90 Å². The largest absolute Gasteiger partial charge is 0.355 e. The first kappa shape index (κ1) is 17.5. The van der Waals surface area contributed by atoms with Crippen molar-refractivity contribution < 1.29 is 0 Å². The summed E-state index contributed by atoms with van der Waals surface area (Å²) in [6.07, 6.45) is 8.10. The molecule has 1 saturated heterocycles. The van der Waals surface area contributed by atoms with E-state index < -0.39 is 0 Å². The highest BCUT2D eigenvalue weighted by Gasteiger charge is 2.29. The van der Waals surface area contributed by atoms with Crippen molar-refractivity contribution in [2.24, 2.45) is 0 Å². The van der Waals surface area contributed by atoms with E-state index in [1.165, 1.54) is 6.42 Å². The highest BCUT2D eigenvalue weighted by molar-refractivity contribution is 5.91. The number of fused-ring (bicyclic) bond motifs is 2. The number of hydrogen-bond acceptors (Lipinski definition) is 6. The van der Waals surface area contributed by atoms with Crippen LogP contribution in [0.25, 0.3) is 22.3 Å². The molecule has 7 heteroatoms. The van der Waals surface area contributed by atoms with Gasteiger partial charge < -0.3 is 9.47 Å².